The minimum atomic E-state index is -6.13. The predicted molar refractivity (Wildman–Crippen MR) is 105 cm³/mol. The summed E-state index contributed by atoms with van der Waals surface area (Å²) in [5.41, 5.74) is -6.14. The third kappa shape index (κ3) is 4.98. The van der Waals surface area contributed by atoms with Crippen LogP contribution in [-0.4, -0.2) is 35.1 Å². The molecule has 0 spiro atoms. The maximum absolute atomic E-state index is 13.1. The summed E-state index contributed by atoms with van der Waals surface area (Å²) in [7, 11) is 0. The molecule has 0 atom stereocenters. The number of fused-ring (bicyclic) bond motifs is 1. The smallest absolute Gasteiger partial charge is 0.430 e. The molecule has 0 aromatic heterocycles. The lowest BCUT2D eigenvalue weighted by Gasteiger charge is -2.33. The van der Waals surface area contributed by atoms with Crippen molar-refractivity contribution >= 4 is 16.7 Å². The molecule has 0 saturated carbocycles. The molecule has 3 aromatic rings. The van der Waals surface area contributed by atoms with Gasteiger partial charge in [0.05, 0.1) is 0 Å². The van der Waals surface area contributed by atoms with E-state index in [4.69, 9.17) is 4.74 Å². The maximum atomic E-state index is 13.1. The molecule has 5 nitrogen and oxygen atoms in total. The highest BCUT2D eigenvalue weighted by Crippen LogP contribution is 2.52. The van der Waals surface area contributed by atoms with Crippen LogP contribution < -0.4 is 10.1 Å². The van der Waals surface area contributed by atoms with Crippen molar-refractivity contribution in [1.82, 2.24) is 5.32 Å². The standard InChI is InChI=1S/C22H17F6NO4/c23-21(24,25)20(32,22(26,27)28)17-9-14-6-7-16(8-15(14)10-18(17)30)33-12-19(31)29-11-13-4-2-1-3-5-13/h1-10,30,32H,11-12H2,(H,29,31). The van der Waals surface area contributed by atoms with Gasteiger partial charge in [0.1, 0.15) is 11.5 Å². The van der Waals surface area contributed by atoms with Gasteiger partial charge in [-0.3, -0.25) is 4.79 Å². The fourth-order valence-corrected chi connectivity index (χ4v) is 3.11. The van der Waals surface area contributed by atoms with E-state index < -0.39 is 41.8 Å². The van der Waals surface area contributed by atoms with Crippen molar-refractivity contribution in [1.29, 1.82) is 0 Å². The number of carbonyl (C=O) groups is 1. The van der Waals surface area contributed by atoms with Gasteiger partial charge in [0.15, 0.2) is 6.61 Å². The van der Waals surface area contributed by atoms with Gasteiger partial charge < -0.3 is 20.3 Å². The van der Waals surface area contributed by atoms with E-state index in [1.807, 2.05) is 18.2 Å². The molecule has 0 aliphatic rings. The number of amides is 1. The first kappa shape index (κ1) is 24.2. The second-order valence-corrected chi connectivity index (χ2v) is 7.14. The zero-order valence-electron chi connectivity index (χ0n) is 16.7. The van der Waals surface area contributed by atoms with Crippen LogP contribution in [0.1, 0.15) is 11.1 Å². The van der Waals surface area contributed by atoms with Gasteiger partial charge in [0, 0.05) is 12.1 Å². The van der Waals surface area contributed by atoms with Gasteiger partial charge >= 0.3 is 12.4 Å². The zero-order valence-corrected chi connectivity index (χ0v) is 16.7. The number of ether oxygens (including phenoxy) is 1. The van der Waals surface area contributed by atoms with E-state index in [2.05, 4.69) is 5.32 Å². The summed E-state index contributed by atoms with van der Waals surface area (Å²) >= 11 is 0. The minimum Gasteiger partial charge on any atom is -0.508 e. The van der Waals surface area contributed by atoms with Crippen LogP contribution in [-0.2, 0) is 16.9 Å². The fraction of sp³-hybridized carbons (Fsp3) is 0.227. The van der Waals surface area contributed by atoms with Gasteiger partial charge in [-0.05, 0) is 40.6 Å². The lowest BCUT2D eigenvalue weighted by Crippen LogP contribution is -2.53. The molecule has 3 aromatic carbocycles. The molecule has 33 heavy (non-hydrogen) atoms. The lowest BCUT2D eigenvalue weighted by molar-refractivity contribution is -0.376. The quantitative estimate of drug-likeness (QED) is 0.459. The maximum Gasteiger partial charge on any atom is 0.430 e. The SMILES string of the molecule is O=C(COc1ccc2cc(C(O)(C(F)(F)F)C(F)(F)F)c(O)cc2c1)NCc1ccccc1. The van der Waals surface area contributed by atoms with Gasteiger partial charge in [-0.2, -0.15) is 26.3 Å². The normalized spacial score (nSPS) is 12.6. The van der Waals surface area contributed by atoms with Crippen LogP contribution in [0.25, 0.3) is 10.8 Å². The Balaban J connectivity index is 1.79. The topological polar surface area (TPSA) is 78.8 Å². The zero-order chi connectivity index (χ0) is 24.4. The number of phenols is 1. The molecule has 11 heteroatoms. The number of aromatic hydroxyl groups is 1. The molecule has 0 radical (unpaired) electrons. The summed E-state index contributed by atoms with van der Waals surface area (Å²) in [6, 6.07) is 13.7. The largest absolute Gasteiger partial charge is 0.508 e. The van der Waals surface area contributed by atoms with Gasteiger partial charge in [0.2, 0.25) is 0 Å². The number of nitrogens with one attached hydrogen (secondary N) is 1. The van der Waals surface area contributed by atoms with Crippen molar-refractivity contribution in [3.05, 3.63) is 71.8 Å². The van der Waals surface area contributed by atoms with E-state index in [9.17, 15) is 41.4 Å². The molecule has 3 rings (SSSR count). The van der Waals surface area contributed by atoms with E-state index in [-0.39, 0.29) is 23.1 Å². The summed E-state index contributed by atoms with van der Waals surface area (Å²) in [5.74, 6) is -1.78. The van der Waals surface area contributed by atoms with Crippen molar-refractivity contribution < 1.29 is 46.1 Å². The molecule has 0 aliphatic heterocycles. The Bertz CT molecular complexity index is 1130. The van der Waals surface area contributed by atoms with Gasteiger partial charge in [-0.1, -0.05) is 36.4 Å². The van der Waals surface area contributed by atoms with Crippen LogP contribution >= 0.6 is 0 Å². The number of hydrogen-bond acceptors (Lipinski definition) is 4. The highest BCUT2D eigenvalue weighted by Gasteiger charge is 2.72. The molecule has 0 aliphatic carbocycles. The van der Waals surface area contributed by atoms with Crippen LogP contribution in [0.2, 0.25) is 0 Å². The third-order valence-corrected chi connectivity index (χ3v) is 4.84. The molecule has 0 heterocycles. The van der Waals surface area contributed by atoms with E-state index in [0.29, 0.717) is 12.1 Å². The molecule has 1 amide bonds. The van der Waals surface area contributed by atoms with Crippen molar-refractivity contribution in [2.75, 3.05) is 6.61 Å². The van der Waals surface area contributed by atoms with Gasteiger partial charge in [0.25, 0.3) is 11.5 Å². The summed E-state index contributed by atoms with van der Waals surface area (Å²) in [4.78, 5) is 11.9. The Hall–Kier alpha value is -3.47. The second-order valence-electron chi connectivity index (χ2n) is 7.14. The van der Waals surface area contributed by atoms with E-state index in [0.717, 1.165) is 11.6 Å². The predicted octanol–water partition coefficient (Wildman–Crippen LogP) is 4.55. The lowest BCUT2D eigenvalue weighted by atomic mass is 9.89. The van der Waals surface area contributed by atoms with E-state index >= 15 is 0 Å². The van der Waals surface area contributed by atoms with Gasteiger partial charge in [-0.25, -0.2) is 0 Å². The Kier molecular flexibility index (Phi) is 6.46. The molecular formula is C22H17F6NO4. The molecule has 3 N–H and O–H groups in total. The minimum absolute atomic E-state index is 0.0325. The summed E-state index contributed by atoms with van der Waals surface area (Å²) < 4.78 is 84.1. The number of carbonyl (C=O) groups excluding carboxylic acids is 1. The number of phenolic OH excluding ortho intramolecular Hbond substituents is 1. The van der Waals surface area contributed by atoms with Crippen LogP contribution in [0, 0.1) is 0 Å². The first-order chi connectivity index (χ1) is 15.3. The van der Waals surface area contributed by atoms with E-state index in [1.54, 1.807) is 12.1 Å². The Morgan fingerprint density at radius 1 is 0.879 bits per heavy atom. The van der Waals surface area contributed by atoms with Crippen molar-refractivity contribution in [2.45, 2.75) is 24.5 Å². The highest BCUT2D eigenvalue weighted by atomic mass is 19.4. The Morgan fingerprint density at radius 3 is 2.12 bits per heavy atom. The molecular weight excluding hydrogens is 456 g/mol. The summed E-state index contributed by atoms with van der Waals surface area (Å²) in [6.07, 6.45) is -12.3. The van der Waals surface area contributed by atoms with Crippen LogP contribution in [0.15, 0.2) is 60.7 Å². The molecule has 0 bridgehead atoms. The fourth-order valence-electron chi connectivity index (χ4n) is 3.11. The molecule has 0 unspecified atom stereocenters. The summed E-state index contributed by atoms with van der Waals surface area (Å²) in [6.45, 7) is -0.136. The number of alkyl halides is 6. The van der Waals surface area contributed by atoms with Crippen molar-refractivity contribution in [3.63, 3.8) is 0 Å². The van der Waals surface area contributed by atoms with Crippen molar-refractivity contribution in [2.24, 2.45) is 0 Å². The number of rotatable bonds is 6. The molecule has 176 valence electrons. The van der Waals surface area contributed by atoms with Crippen LogP contribution in [0.5, 0.6) is 11.5 Å². The van der Waals surface area contributed by atoms with Gasteiger partial charge in [-0.15, -0.1) is 0 Å². The first-order valence-electron chi connectivity index (χ1n) is 9.39. The number of hydrogen-bond donors (Lipinski definition) is 3. The Labute approximate surface area is 183 Å². The average Bonchev–Trinajstić information content (AvgIpc) is 2.74. The van der Waals surface area contributed by atoms with Crippen LogP contribution in [0.3, 0.4) is 0 Å². The first-order valence-corrected chi connectivity index (χ1v) is 9.39. The molecule has 0 saturated heterocycles. The van der Waals surface area contributed by atoms with E-state index in [1.165, 1.54) is 12.1 Å². The number of aliphatic hydroxyl groups is 1. The monoisotopic (exact) mass is 473 g/mol. The molecule has 0 fully saturated rings. The average molecular weight is 473 g/mol. The Morgan fingerprint density at radius 2 is 1.52 bits per heavy atom. The third-order valence-electron chi connectivity index (χ3n) is 4.84. The summed E-state index contributed by atoms with van der Waals surface area (Å²) in [5, 5.41) is 22.0. The second kappa shape index (κ2) is 8.81. The van der Waals surface area contributed by atoms with Crippen molar-refractivity contribution in [3.8, 4) is 11.5 Å². The number of benzene rings is 3. The van der Waals surface area contributed by atoms with Crippen LogP contribution in [0.4, 0.5) is 26.3 Å². The highest BCUT2D eigenvalue weighted by molar-refractivity contribution is 5.87. The number of halogens is 6.